The first-order valence-electron chi connectivity index (χ1n) is 7.20. The minimum absolute atomic E-state index is 0. The van der Waals surface area contributed by atoms with Crippen LogP contribution in [-0.4, -0.2) is 39.8 Å². The smallest absolute Gasteiger partial charge is 0.211 e. The molecule has 0 saturated carbocycles. The van der Waals surface area contributed by atoms with Gasteiger partial charge in [-0.2, -0.15) is 0 Å². The predicted octanol–water partition coefficient (Wildman–Crippen LogP) is 1.95. The summed E-state index contributed by atoms with van der Waals surface area (Å²) in [5, 5.41) is 6.89. The number of hydrogen-bond acceptors (Lipinski definition) is 3. The molecular formula is C14H24ClIN4O2S. The summed E-state index contributed by atoms with van der Waals surface area (Å²) in [6, 6.07) is 7.49. The molecular weight excluding hydrogens is 451 g/mol. The molecule has 0 radical (unpaired) electrons. The first kappa shape index (κ1) is 22.4. The van der Waals surface area contributed by atoms with Crippen molar-refractivity contribution in [2.45, 2.75) is 20.4 Å². The van der Waals surface area contributed by atoms with Gasteiger partial charge in [-0.15, -0.1) is 24.0 Å². The van der Waals surface area contributed by atoms with Crippen LogP contribution in [-0.2, 0) is 16.6 Å². The number of rotatable bonds is 8. The number of guanidine groups is 1. The molecule has 1 rings (SSSR count). The summed E-state index contributed by atoms with van der Waals surface area (Å²) in [5.41, 5.74) is 1.05. The molecule has 0 aliphatic rings. The molecule has 132 valence electrons. The Kier molecular flexibility index (Phi) is 11.6. The number of sulfonamides is 1. The second-order valence-corrected chi connectivity index (χ2v) is 7.08. The molecule has 23 heavy (non-hydrogen) atoms. The Morgan fingerprint density at radius 2 is 1.78 bits per heavy atom. The highest BCUT2D eigenvalue weighted by atomic mass is 127. The Labute approximate surface area is 160 Å². The molecule has 0 atom stereocenters. The highest BCUT2D eigenvalue weighted by Gasteiger charge is 2.04. The van der Waals surface area contributed by atoms with Gasteiger partial charge in [-0.25, -0.2) is 18.1 Å². The number of nitrogens with one attached hydrogen (secondary N) is 3. The molecule has 0 aromatic heterocycles. The largest absolute Gasteiger partial charge is 0.357 e. The molecule has 0 bridgehead atoms. The van der Waals surface area contributed by atoms with Gasteiger partial charge in [-0.3, -0.25) is 0 Å². The van der Waals surface area contributed by atoms with Crippen LogP contribution in [0.15, 0.2) is 29.3 Å². The molecule has 9 heteroatoms. The quantitative estimate of drug-likeness (QED) is 0.233. The summed E-state index contributed by atoms with van der Waals surface area (Å²) in [7, 11) is -3.15. The summed E-state index contributed by atoms with van der Waals surface area (Å²) in [5.74, 6) is 0.728. The third-order valence-corrected chi connectivity index (χ3v) is 4.45. The van der Waals surface area contributed by atoms with Gasteiger partial charge in [-0.05, 0) is 31.5 Å². The Bertz CT molecular complexity index is 579. The van der Waals surface area contributed by atoms with Crippen molar-refractivity contribution in [2.75, 3.05) is 25.4 Å². The van der Waals surface area contributed by atoms with E-state index >= 15 is 0 Å². The minimum Gasteiger partial charge on any atom is -0.357 e. The van der Waals surface area contributed by atoms with Gasteiger partial charge in [0.25, 0.3) is 0 Å². The molecule has 0 aliphatic heterocycles. The van der Waals surface area contributed by atoms with E-state index in [1.165, 1.54) is 0 Å². The molecule has 1 aromatic carbocycles. The molecule has 0 spiro atoms. The fraction of sp³-hybridized carbons (Fsp3) is 0.500. The zero-order chi connectivity index (χ0) is 16.4. The summed E-state index contributed by atoms with van der Waals surface area (Å²) in [4.78, 5) is 4.44. The Morgan fingerprint density at radius 1 is 1.13 bits per heavy atom. The zero-order valence-corrected chi connectivity index (χ0v) is 17.2. The van der Waals surface area contributed by atoms with E-state index < -0.39 is 10.0 Å². The van der Waals surface area contributed by atoms with Crippen LogP contribution in [0, 0.1) is 0 Å². The molecule has 1 aromatic rings. The zero-order valence-electron chi connectivity index (χ0n) is 13.3. The summed E-state index contributed by atoms with van der Waals surface area (Å²) in [6.45, 7) is 5.61. The fourth-order valence-corrected chi connectivity index (χ4v) is 2.33. The SMILES string of the molecule is CCNC(=NCc1ccc(Cl)cc1)NCCNS(=O)(=O)CC.I. The number of nitrogens with zero attached hydrogens (tertiary/aromatic N) is 1. The predicted molar refractivity (Wildman–Crippen MR) is 107 cm³/mol. The van der Waals surface area contributed by atoms with Crippen molar-refractivity contribution in [3.63, 3.8) is 0 Å². The highest BCUT2D eigenvalue weighted by molar-refractivity contribution is 14.0. The first-order chi connectivity index (χ1) is 10.5. The topological polar surface area (TPSA) is 82.6 Å². The molecule has 0 fully saturated rings. The molecule has 0 saturated heterocycles. The van der Waals surface area contributed by atoms with Gasteiger partial charge in [0.05, 0.1) is 12.3 Å². The van der Waals surface area contributed by atoms with Crippen molar-refractivity contribution in [3.05, 3.63) is 34.9 Å². The second kappa shape index (κ2) is 11.9. The third kappa shape index (κ3) is 10.0. The van der Waals surface area contributed by atoms with Crippen LogP contribution < -0.4 is 15.4 Å². The van der Waals surface area contributed by atoms with Gasteiger partial charge in [0.15, 0.2) is 5.96 Å². The van der Waals surface area contributed by atoms with Gasteiger partial charge < -0.3 is 10.6 Å². The molecule has 0 amide bonds. The fourth-order valence-electron chi connectivity index (χ4n) is 1.59. The molecule has 0 unspecified atom stereocenters. The van der Waals surface area contributed by atoms with Crippen LogP contribution in [0.5, 0.6) is 0 Å². The van der Waals surface area contributed by atoms with Gasteiger partial charge in [0.2, 0.25) is 10.0 Å². The van der Waals surface area contributed by atoms with E-state index in [2.05, 4.69) is 20.3 Å². The lowest BCUT2D eigenvalue weighted by Crippen LogP contribution is -2.41. The van der Waals surface area contributed by atoms with Crippen molar-refractivity contribution >= 4 is 51.6 Å². The van der Waals surface area contributed by atoms with Crippen molar-refractivity contribution < 1.29 is 8.42 Å². The van der Waals surface area contributed by atoms with E-state index in [9.17, 15) is 8.42 Å². The number of hydrogen-bond donors (Lipinski definition) is 3. The van der Waals surface area contributed by atoms with Crippen LogP contribution in [0.4, 0.5) is 0 Å². The monoisotopic (exact) mass is 474 g/mol. The minimum atomic E-state index is -3.15. The van der Waals surface area contributed by atoms with Gasteiger partial charge in [-0.1, -0.05) is 23.7 Å². The van der Waals surface area contributed by atoms with Gasteiger partial charge in [0.1, 0.15) is 0 Å². The standard InChI is InChI=1S/C14H23ClN4O2S.HI/c1-3-16-14(17-9-10-19-22(20,21)4-2)18-11-12-5-7-13(15)8-6-12;/h5-8,19H,3-4,9-11H2,1-2H3,(H2,16,17,18);1H. The van der Waals surface area contributed by atoms with E-state index in [0.717, 1.165) is 12.1 Å². The molecule has 0 heterocycles. The average molecular weight is 475 g/mol. The van der Waals surface area contributed by atoms with Crippen LogP contribution >= 0.6 is 35.6 Å². The maximum absolute atomic E-state index is 11.3. The van der Waals surface area contributed by atoms with E-state index in [1.54, 1.807) is 6.92 Å². The lowest BCUT2D eigenvalue weighted by atomic mass is 10.2. The van der Waals surface area contributed by atoms with Crippen LogP contribution in [0.3, 0.4) is 0 Å². The Balaban J connectivity index is 0.00000484. The molecule has 3 N–H and O–H groups in total. The van der Waals surface area contributed by atoms with Crippen molar-refractivity contribution in [1.82, 2.24) is 15.4 Å². The lowest BCUT2D eigenvalue weighted by molar-refractivity contribution is 0.582. The normalized spacial score (nSPS) is 11.7. The summed E-state index contributed by atoms with van der Waals surface area (Å²) in [6.07, 6.45) is 0. The van der Waals surface area contributed by atoms with Crippen LogP contribution in [0.2, 0.25) is 5.02 Å². The number of halogens is 2. The summed E-state index contributed by atoms with van der Waals surface area (Å²) < 4.78 is 25.1. The van der Waals surface area contributed by atoms with Gasteiger partial charge in [0, 0.05) is 24.7 Å². The van der Waals surface area contributed by atoms with E-state index in [0.29, 0.717) is 30.6 Å². The van der Waals surface area contributed by atoms with Crippen LogP contribution in [0.1, 0.15) is 19.4 Å². The first-order valence-corrected chi connectivity index (χ1v) is 9.23. The number of aliphatic imine (C=N–C) groups is 1. The molecule has 0 aliphatic carbocycles. The van der Waals surface area contributed by atoms with E-state index in [4.69, 9.17) is 11.6 Å². The maximum Gasteiger partial charge on any atom is 0.211 e. The van der Waals surface area contributed by atoms with Crippen LogP contribution in [0.25, 0.3) is 0 Å². The number of benzene rings is 1. The lowest BCUT2D eigenvalue weighted by Gasteiger charge is -2.11. The Morgan fingerprint density at radius 3 is 2.35 bits per heavy atom. The van der Waals surface area contributed by atoms with Crippen molar-refractivity contribution in [3.8, 4) is 0 Å². The van der Waals surface area contributed by atoms with E-state index in [1.807, 2.05) is 31.2 Å². The molecule has 6 nitrogen and oxygen atoms in total. The average Bonchev–Trinajstić information content (AvgIpc) is 2.50. The van der Waals surface area contributed by atoms with Gasteiger partial charge >= 0.3 is 0 Å². The second-order valence-electron chi connectivity index (χ2n) is 4.55. The van der Waals surface area contributed by atoms with E-state index in [-0.39, 0.29) is 29.7 Å². The maximum atomic E-state index is 11.3. The Hall–Kier alpha value is -0.580. The summed E-state index contributed by atoms with van der Waals surface area (Å²) >= 11 is 5.84. The van der Waals surface area contributed by atoms with Crippen molar-refractivity contribution in [1.29, 1.82) is 0 Å². The third-order valence-electron chi connectivity index (χ3n) is 2.80. The highest BCUT2D eigenvalue weighted by Crippen LogP contribution is 2.09. The van der Waals surface area contributed by atoms with Crippen molar-refractivity contribution in [2.24, 2.45) is 4.99 Å².